The Morgan fingerprint density at radius 2 is 1.90 bits per heavy atom. The smallest absolute Gasteiger partial charge is 0.223 e. The Balaban J connectivity index is 1.38. The monoisotopic (exact) mass is 273 g/mol. The van der Waals surface area contributed by atoms with Crippen LogP contribution in [-0.4, -0.2) is 11.9 Å². The molecule has 106 valence electrons. The van der Waals surface area contributed by atoms with E-state index >= 15 is 0 Å². The van der Waals surface area contributed by atoms with Crippen LogP contribution < -0.4 is 5.32 Å². The van der Waals surface area contributed by atoms with E-state index in [1.165, 1.54) is 31.7 Å². The fourth-order valence-corrected chi connectivity index (χ4v) is 3.39. The van der Waals surface area contributed by atoms with Crippen LogP contribution in [0.3, 0.4) is 0 Å². The molecule has 3 fully saturated rings. The lowest BCUT2D eigenvalue weighted by molar-refractivity contribution is -0.123. The molecule has 3 aliphatic rings. The molecular weight excluding hydrogens is 253 g/mol. The summed E-state index contributed by atoms with van der Waals surface area (Å²) in [7, 11) is 0. The second-order valence-electron chi connectivity index (χ2n) is 6.71. The first-order valence-corrected chi connectivity index (χ1v) is 7.78. The predicted molar refractivity (Wildman–Crippen MR) is 74.6 cm³/mol. The van der Waals surface area contributed by atoms with Gasteiger partial charge < -0.3 is 5.32 Å². The van der Waals surface area contributed by atoms with Gasteiger partial charge in [-0.1, -0.05) is 12.1 Å². The maximum Gasteiger partial charge on any atom is 0.223 e. The molecule has 3 heteroatoms. The van der Waals surface area contributed by atoms with Crippen molar-refractivity contribution in [1.82, 2.24) is 5.32 Å². The maximum absolute atomic E-state index is 13.2. The van der Waals surface area contributed by atoms with Crippen molar-refractivity contribution >= 4 is 5.91 Å². The van der Waals surface area contributed by atoms with E-state index in [1.54, 1.807) is 12.1 Å². The summed E-state index contributed by atoms with van der Waals surface area (Å²) >= 11 is 0. The third-order valence-electron chi connectivity index (χ3n) is 4.97. The molecule has 1 aromatic rings. The van der Waals surface area contributed by atoms with Gasteiger partial charge in [-0.25, -0.2) is 4.39 Å². The van der Waals surface area contributed by atoms with E-state index in [9.17, 15) is 9.18 Å². The predicted octanol–water partition coefficient (Wildman–Crippen LogP) is 3.23. The zero-order valence-electron chi connectivity index (χ0n) is 11.5. The van der Waals surface area contributed by atoms with Gasteiger partial charge in [0.2, 0.25) is 5.91 Å². The molecule has 0 heterocycles. The zero-order chi connectivity index (χ0) is 13.7. The Morgan fingerprint density at radius 1 is 1.20 bits per heavy atom. The van der Waals surface area contributed by atoms with E-state index in [0.29, 0.717) is 6.04 Å². The van der Waals surface area contributed by atoms with E-state index in [1.807, 2.05) is 6.07 Å². The molecule has 2 atom stereocenters. The van der Waals surface area contributed by atoms with E-state index in [2.05, 4.69) is 5.32 Å². The van der Waals surface area contributed by atoms with Crippen molar-refractivity contribution in [2.75, 3.05) is 0 Å². The molecule has 0 aromatic heterocycles. The van der Waals surface area contributed by atoms with Crippen LogP contribution in [0.15, 0.2) is 24.3 Å². The lowest BCUT2D eigenvalue weighted by Crippen LogP contribution is -2.39. The van der Waals surface area contributed by atoms with Gasteiger partial charge in [0.25, 0.3) is 0 Å². The van der Waals surface area contributed by atoms with Crippen LogP contribution in [0.25, 0.3) is 0 Å². The minimum Gasteiger partial charge on any atom is -0.353 e. The number of hydrogen-bond acceptors (Lipinski definition) is 1. The molecule has 3 saturated carbocycles. The maximum atomic E-state index is 13.2. The summed E-state index contributed by atoms with van der Waals surface area (Å²) in [5.41, 5.74) is 0.972. The molecule has 4 rings (SSSR count). The van der Waals surface area contributed by atoms with E-state index in [-0.39, 0.29) is 23.6 Å². The lowest BCUT2D eigenvalue weighted by Gasteiger charge is -2.17. The van der Waals surface area contributed by atoms with Gasteiger partial charge in [-0.3, -0.25) is 4.79 Å². The third kappa shape index (κ3) is 2.46. The van der Waals surface area contributed by atoms with Crippen LogP contribution in [0.2, 0.25) is 0 Å². The SMILES string of the molecule is O=C(NC(C1CC1)C1CC1)[C@@H]1C[C@@H]1c1cccc(F)c1. The van der Waals surface area contributed by atoms with Crippen LogP contribution in [0.4, 0.5) is 4.39 Å². The Kier molecular flexibility index (Phi) is 2.83. The molecule has 0 aliphatic heterocycles. The quantitative estimate of drug-likeness (QED) is 0.876. The molecule has 1 amide bonds. The second-order valence-corrected chi connectivity index (χ2v) is 6.71. The van der Waals surface area contributed by atoms with Gasteiger partial charge in [-0.05, 0) is 67.6 Å². The summed E-state index contributed by atoms with van der Waals surface area (Å²) in [5, 5.41) is 3.28. The van der Waals surface area contributed by atoms with Gasteiger partial charge in [0.15, 0.2) is 0 Å². The van der Waals surface area contributed by atoms with Gasteiger partial charge in [0.1, 0.15) is 5.82 Å². The van der Waals surface area contributed by atoms with Crippen LogP contribution >= 0.6 is 0 Å². The van der Waals surface area contributed by atoms with Crippen molar-refractivity contribution in [3.63, 3.8) is 0 Å². The number of amides is 1. The standard InChI is InChI=1S/C17H20FNO/c18-13-3-1-2-12(8-13)14-9-15(14)17(20)19-16(10-4-5-10)11-6-7-11/h1-3,8,10-11,14-16H,4-7,9H2,(H,19,20)/t14-,15-/m1/s1. The van der Waals surface area contributed by atoms with Crippen molar-refractivity contribution in [1.29, 1.82) is 0 Å². The van der Waals surface area contributed by atoms with Gasteiger partial charge >= 0.3 is 0 Å². The largest absolute Gasteiger partial charge is 0.353 e. The Bertz CT molecular complexity index is 524. The van der Waals surface area contributed by atoms with Crippen molar-refractivity contribution < 1.29 is 9.18 Å². The van der Waals surface area contributed by atoms with Crippen molar-refractivity contribution in [2.24, 2.45) is 17.8 Å². The first kappa shape index (κ1) is 12.4. The summed E-state index contributed by atoms with van der Waals surface area (Å²) in [4.78, 5) is 12.3. The fraction of sp³-hybridized carbons (Fsp3) is 0.588. The summed E-state index contributed by atoms with van der Waals surface area (Å²) in [6, 6.07) is 7.11. The van der Waals surface area contributed by atoms with Gasteiger partial charge in [-0.15, -0.1) is 0 Å². The average Bonchev–Trinajstić information content (AvgIpc) is 3.26. The Hall–Kier alpha value is -1.38. The molecule has 0 bridgehead atoms. The third-order valence-corrected chi connectivity index (χ3v) is 4.97. The number of carbonyl (C=O) groups excluding carboxylic acids is 1. The number of nitrogens with one attached hydrogen (secondary N) is 1. The molecule has 3 aliphatic carbocycles. The van der Waals surface area contributed by atoms with Gasteiger partial charge in [0, 0.05) is 12.0 Å². The highest BCUT2D eigenvalue weighted by molar-refractivity contribution is 5.83. The van der Waals surface area contributed by atoms with E-state index in [0.717, 1.165) is 23.8 Å². The highest BCUT2D eigenvalue weighted by atomic mass is 19.1. The van der Waals surface area contributed by atoms with Crippen molar-refractivity contribution in [2.45, 2.75) is 44.1 Å². The van der Waals surface area contributed by atoms with Crippen LogP contribution in [0.5, 0.6) is 0 Å². The molecule has 2 nitrogen and oxygen atoms in total. The Labute approximate surface area is 118 Å². The van der Waals surface area contributed by atoms with Crippen LogP contribution in [0.1, 0.15) is 43.6 Å². The van der Waals surface area contributed by atoms with E-state index < -0.39 is 0 Å². The van der Waals surface area contributed by atoms with E-state index in [4.69, 9.17) is 0 Å². The Morgan fingerprint density at radius 3 is 2.50 bits per heavy atom. The summed E-state index contributed by atoms with van der Waals surface area (Å²) < 4.78 is 13.2. The normalized spacial score (nSPS) is 28.5. The molecule has 0 unspecified atom stereocenters. The number of halogens is 1. The molecular formula is C17H20FNO. The summed E-state index contributed by atoms with van der Waals surface area (Å²) in [5.74, 6) is 1.75. The molecule has 0 radical (unpaired) electrons. The first-order valence-electron chi connectivity index (χ1n) is 7.78. The average molecular weight is 273 g/mol. The van der Waals surface area contributed by atoms with Crippen LogP contribution in [-0.2, 0) is 4.79 Å². The fourth-order valence-electron chi connectivity index (χ4n) is 3.39. The molecule has 1 N–H and O–H groups in total. The van der Waals surface area contributed by atoms with Crippen molar-refractivity contribution in [3.05, 3.63) is 35.6 Å². The van der Waals surface area contributed by atoms with Crippen molar-refractivity contribution in [3.8, 4) is 0 Å². The summed E-state index contributed by atoms with van der Waals surface area (Å²) in [6.07, 6.45) is 5.98. The first-order chi connectivity index (χ1) is 9.72. The van der Waals surface area contributed by atoms with Gasteiger partial charge in [0.05, 0.1) is 0 Å². The molecule has 1 aromatic carbocycles. The topological polar surface area (TPSA) is 29.1 Å². The minimum atomic E-state index is -0.206. The number of rotatable bonds is 5. The molecule has 0 spiro atoms. The molecule has 20 heavy (non-hydrogen) atoms. The highest BCUT2D eigenvalue weighted by Crippen LogP contribution is 2.49. The van der Waals surface area contributed by atoms with Gasteiger partial charge in [-0.2, -0.15) is 0 Å². The zero-order valence-corrected chi connectivity index (χ0v) is 11.5. The highest BCUT2D eigenvalue weighted by Gasteiger charge is 2.48. The minimum absolute atomic E-state index is 0.0665. The number of hydrogen-bond donors (Lipinski definition) is 1. The molecule has 0 saturated heterocycles. The second kappa shape index (κ2) is 4.57. The lowest BCUT2D eigenvalue weighted by atomic mass is 10.1. The number of benzene rings is 1. The van der Waals surface area contributed by atoms with Crippen LogP contribution in [0, 0.1) is 23.6 Å². The summed E-state index contributed by atoms with van der Waals surface area (Å²) in [6.45, 7) is 0. The number of carbonyl (C=O) groups is 1.